The number of carbonyl (C=O) groups is 1. The van der Waals surface area contributed by atoms with E-state index < -0.39 is 0 Å². The summed E-state index contributed by atoms with van der Waals surface area (Å²) in [5.41, 5.74) is 4.16. The predicted octanol–water partition coefficient (Wildman–Crippen LogP) is 5.46. The molecular weight excluding hydrogens is 504 g/mol. The summed E-state index contributed by atoms with van der Waals surface area (Å²) in [5, 5.41) is 9.83. The predicted molar refractivity (Wildman–Crippen MR) is 140 cm³/mol. The quantitative estimate of drug-likeness (QED) is 0.341. The molecule has 3 heterocycles. The number of aryl methyl sites for hydroxylation is 3. The summed E-state index contributed by atoms with van der Waals surface area (Å²) in [6.45, 7) is 6.90. The van der Waals surface area contributed by atoms with Crippen molar-refractivity contribution in [3.63, 3.8) is 0 Å². The number of rotatable bonds is 5. The van der Waals surface area contributed by atoms with E-state index in [-0.39, 0.29) is 11.9 Å². The van der Waals surface area contributed by atoms with Crippen LogP contribution in [0.1, 0.15) is 53.6 Å². The largest absolute Gasteiger partial charge is 0.335 e. The number of hydrogen-bond acceptors (Lipinski definition) is 5. The molecule has 4 aromatic rings. The highest BCUT2D eigenvalue weighted by atomic mass is 79.9. The second-order valence-electron chi connectivity index (χ2n) is 9.51. The van der Waals surface area contributed by atoms with Gasteiger partial charge in [-0.05, 0) is 69.4 Å². The first-order chi connectivity index (χ1) is 16.9. The summed E-state index contributed by atoms with van der Waals surface area (Å²) in [5.74, 6) is 1.26. The molecule has 5 rings (SSSR count). The van der Waals surface area contributed by atoms with Gasteiger partial charge in [0.25, 0.3) is 5.91 Å². The molecule has 2 aromatic carbocycles. The van der Waals surface area contributed by atoms with Crippen molar-refractivity contribution in [1.82, 2.24) is 29.9 Å². The topological polar surface area (TPSA) is 76.8 Å². The highest BCUT2D eigenvalue weighted by Crippen LogP contribution is 2.30. The van der Waals surface area contributed by atoms with Gasteiger partial charge in [-0.3, -0.25) is 4.79 Å². The summed E-state index contributed by atoms with van der Waals surface area (Å²) in [6, 6.07) is 12.0. The summed E-state index contributed by atoms with van der Waals surface area (Å²) in [6.07, 6.45) is 7.27. The van der Waals surface area contributed by atoms with Gasteiger partial charge in [-0.1, -0.05) is 34.5 Å². The summed E-state index contributed by atoms with van der Waals surface area (Å²) < 4.78 is 1.02. The molecule has 2 atom stereocenters. The molecule has 180 valence electrons. The normalized spacial score (nSPS) is 18.2. The molecule has 1 amide bonds. The van der Waals surface area contributed by atoms with E-state index in [1.54, 1.807) is 11.0 Å². The van der Waals surface area contributed by atoms with E-state index in [9.17, 15) is 4.79 Å². The lowest BCUT2D eigenvalue weighted by Gasteiger charge is -2.40. The van der Waals surface area contributed by atoms with Gasteiger partial charge in [-0.25, -0.2) is 9.97 Å². The third kappa shape index (κ3) is 4.98. The average molecular weight is 533 g/mol. The lowest BCUT2D eigenvalue weighted by molar-refractivity contribution is 0.0498. The minimum Gasteiger partial charge on any atom is -0.335 e. The smallest absolute Gasteiger partial charge is 0.256 e. The molecule has 35 heavy (non-hydrogen) atoms. The van der Waals surface area contributed by atoms with Gasteiger partial charge < -0.3 is 4.90 Å². The minimum absolute atomic E-state index is 0.0412. The number of carbonyl (C=O) groups excluding carboxylic acids is 1. The van der Waals surface area contributed by atoms with Crippen LogP contribution in [-0.2, 0) is 6.42 Å². The molecule has 2 aromatic heterocycles. The molecular formula is C27H29BrN6O. The summed E-state index contributed by atoms with van der Waals surface area (Å²) >= 11 is 3.50. The average Bonchev–Trinajstić information content (AvgIpc) is 3.28. The maximum atomic E-state index is 13.9. The van der Waals surface area contributed by atoms with Crippen LogP contribution >= 0.6 is 15.9 Å². The fourth-order valence-electron chi connectivity index (χ4n) is 4.99. The minimum atomic E-state index is 0.0412. The first-order valence-corrected chi connectivity index (χ1v) is 12.9. The van der Waals surface area contributed by atoms with Crippen molar-refractivity contribution in [3.05, 3.63) is 75.9 Å². The molecule has 1 aliphatic rings. The zero-order chi connectivity index (χ0) is 24.5. The molecule has 0 bridgehead atoms. The Balaban J connectivity index is 1.40. The van der Waals surface area contributed by atoms with Gasteiger partial charge in [0.2, 0.25) is 0 Å². The Hall–Kier alpha value is -3.13. The van der Waals surface area contributed by atoms with Crippen LogP contribution < -0.4 is 0 Å². The number of fused-ring (bicyclic) bond motifs is 1. The second-order valence-corrected chi connectivity index (χ2v) is 10.4. The molecule has 1 aliphatic heterocycles. The zero-order valence-electron chi connectivity index (χ0n) is 20.3. The Kier molecular flexibility index (Phi) is 6.65. The van der Waals surface area contributed by atoms with E-state index in [1.807, 2.05) is 56.4 Å². The number of amides is 1. The van der Waals surface area contributed by atoms with Crippen LogP contribution in [0.3, 0.4) is 0 Å². The van der Waals surface area contributed by atoms with Crippen LogP contribution in [0.15, 0.2) is 53.3 Å². The molecule has 8 heteroatoms. The van der Waals surface area contributed by atoms with Gasteiger partial charge in [0, 0.05) is 35.1 Å². The maximum Gasteiger partial charge on any atom is 0.256 e. The van der Waals surface area contributed by atoms with Crippen LogP contribution in [0, 0.1) is 19.8 Å². The van der Waals surface area contributed by atoms with Crippen molar-refractivity contribution in [1.29, 1.82) is 0 Å². The summed E-state index contributed by atoms with van der Waals surface area (Å²) in [7, 11) is 0. The van der Waals surface area contributed by atoms with Gasteiger partial charge in [0.1, 0.15) is 5.82 Å². The van der Waals surface area contributed by atoms with Crippen LogP contribution in [0.25, 0.3) is 16.6 Å². The van der Waals surface area contributed by atoms with Gasteiger partial charge in [-0.2, -0.15) is 15.0 Å². The third-order valence-corrected chi connectivity index (χ3v) is 7.33. The first-order valence-electron chi connectivity index (χ1n) is 12.1. The number of aromatic nitrogens is 5. The van der Waals surface area contributed by atoms with Crippen molar-refractivity contribution >= 4 is 32.7 Å². The van der Waals surface area contributed by atoms with Crippen molar-refractivity contribution < 1.29 is 4.79 Å². The monoisotopic (exact) mass is 532 g/mol. The van der Waals surface area contributed by atoms with E-state index in [0.717, 1.165) is 70.4 Å². The molecule has 1 saturated heterocycles. The van der Waals surface area contributed by atoms with Gasteiger partial charge >= 0.3 is 0 Å². The first kappa shape index (κ1) is 23.6. The van der Waals surface area contributed by atoms with Crippen molar-refractivity contribution in [2.45, 2.75) is 52.5 Å². The van der Waals surface area contributed by atoms with E-state index in [1.165, 1.54) is 0 Å². The van der Waals surface area contributed by atoms with Crippen LogP contribution in [0.4, 0.5) is 0 Å². The van der Waals surface area contributed by atoms with Crippen molar-refractivity contribution in [3.8, 4) is 5.69 Å². The number of benzene rings is 2. The van der Waals surface area contributed by atoms with Gasteiger partial charge in [0.05, 0.1) is 28.7 Å². The highest BCUT2D eigenvalue weighted by molar-refractivity contribution is 9.10. The molecule has 7 nitrogen and oxygen atoms in total. The third-order valence-electron chi connectivity index (χ3n) is 6.84. The Morgan fingerprint density at radius 1 is 1.14 bits per heavy atom. The molecule has 1 fully saturated rings. The Labute approximate surface area is 213 Å². The molecule has 0 unspecified atom stereocenters. The maximum absolute atomic E-state index is 13.9. The summed E-state index contributed by atoms with van der Waals surface area (Å²) in [4.78, 5) is 26.9. The van der Waals surface area contributed by atoms with E-state index >= 15 is 0 Å². The molecule has 0 radical (unpaired) electrons. The lowest BCUT2D eigenvalue weighted by atomic mass is 9.87. The van der Waals surface area contributed by atoms with E-state index in [2.05, 4.69) is 42.9 Å². The molecule has 0 aliphatic carbocycles. The number of hydrogen-bond donors (Lipinski definition) is 0. The number of nitrogens with zero attached hydrogens (tertiary/aromatic N) is 6. The van der Waals surface area contributed by atoms with Gasteiger partial charge in [0.15, 0.2) is 0 Å². The molecule has 0 saturated carbocycles. The SMILES string of the molecule is Cc1ccc(-n2ncc(C)n2)c(C(=O)N2CCC[C@@H](C)[C@H]2CCc2ncc3cc(Br)ccc3n2)c1. The number of halogens is 1. The fourth-order valence-corrected chi connectivity index (χ4v) is 5.37. The Morgan fingerprint density at radius 2 is 2.00 bits per heavy atom. The molecule has 0 N–H and O–H groups in total. The molecule has 0 spiro atoms. The highest BCUT2D eigenvalue weighted by Gasteiger charge is 2.33. The van der Waals surface area contributed by atoms with Gasteiger partial charge in [-0.15, -0.1) is 0 Å². The number of likely N-dealkylation sites (tertiary alicyclic amines) is 1. The zero-order valence-corrected chi connectivity index (χ0v) is 21.9. The Morgan fingerprint density at radius 3 is 2.80 bits per heavy atom. The standard InChI is InChI=1S/C27H29BrN6O/c1-17-6-9-25(34-30-15-19(3)32-34)22(13-17)27(35)33-12-4-5-18(2)24(33)10-11-26-29-16-20-14-21(28)7-8-23(20)31-26/h6-9,13-16,18,24H,4-5,10-12H2,1-3H3/t18-,24-/m1/s1. The Bertz CT molecular complexity index is 1380. The van der Waals surface area contributed by atoms with E-state index in [4.69, 9.17) is 4.98 Å². The fraction of sp³-hybridized carbons (Fsp3) is 0.370. The van der Waals surface area contributed by atoms with E-state index in [0.29, 0.717) is 11.5 Å². The van der Waals surface area contributed by atoms with Crippen LogP contribution in [0.5, 0.6) is 0 Å². The van der Waals surface area contributed by atoms with Crippen molar-refractivity contribution in [2.24, 2.45) is 5.92 Å². The lowest BCUT2D eigenvalue weighted by Crippen LogP contribution is -2.48. The van der Waals surface area contributed by atoms with Crippen molar-refractivity contribution in [2.75, 3.05) is 6.54 Å². The number of piperidine rings is 1. The van der Waals surface area contributed by atoms with Crippen LogP contribution in [-0.4, -0.2) is 48.4 Å². The second kappa shape index (κ2) is 9.85. The van der Waals surface area contributed by atoms with Crippen LogP contribution in [0.2, 0.25) is 0 Å².